The first-order chi connectivity index (χ1) is 8.52. The highest BCUT2D eigenvalue weighted by atomic mass is 32.2. The van der Waals surface area contributed by atoms with Crippen molar-refractivity contribution in [2.75, 3.05) is 26.3 Å². The molecule has 2 aliphatic heterocycles. The van der Waals surface area contributed by atoms with Gasteiger partial charge in [0.1, 0.15) is 0 Å². The lowest BCUT2D eigenvalue weighted by molar-refractivity contribution is 0.157. The Bertz CT molecular complexity index is 546. The van der Waals surface area contributed by atoms with Gasteiger partial charge in [-0.2, -0.15) is 4.31 Å². The molecule has 0 bridgehead atoms. The Kier molecular flexibility index (Phi) is 2.72. The van der Waals surface area contributed by atoms with E-state index in [1.54, 1.807) is 22.1 Å². The molecular formula is C11H17N3O3S. The molecule has 6 nitrogen and oxygen atoms in total. The standard InChI is InChI=1S/C11H17N3O3S/c1-13-6-10(12-9-13)18(15,16)14-4-2-11(7-14)3-5-17-8-11/h6,9H,2-5,7-8H2,1H3/t11-/m1/s1. The topological polar surface area (TPSA) is 64.4 Å². The maximum absolute atomic E-state index is 12.4. The van der Waals surface area contributed by atoms with Gasteiger partial charge in [0, 0.05) is 38.4 Å². The summed E-state index contributed by atoms with van der Waals surface area (Å²) in [7, 11) is -1.67. The number of aromatic nitrogens is 2. The summed E-state index contributed by atoms with van der Waals surface area (Å²) in [6.45, 7) is 2.56. The van der Waals surface area contributed by atoms with E-state index in [0.717, 1.165) is 19.4 Å². The third kappa shape index (κ3) is 1.86. The van der Waals surface area contributed by atoms with Gasteiger partial charge in [-0.05, 0) is 12.8 Å². The van der Waals surface area contributed by atoms with Gasteiger partial charge in [0.15, 0.2) is 5.03 Å². The van der Waals surface area contributed by atoms with E-state index in [2.05, 4.69) is 4.98 Å². The molecule has 0 radical (unpaired) electrons. The Hall–Kier alpha value is -0.920. The average Bonchev–Trinajstić information content (AvgIpc) is 3.02. The van der Waals surface area contributed by atoms with Crippen LogP contribution < -0.4 is 0 Å². The summed E-state index contributed by atoms with van der Waals surface area (Å²) in [4.78, 5) is 3.95. The number of imidazole rings is 1. The largest absolute Gasteiger partial charge is 0.381 e. The lowest BCUT2D eigenvalue weighted by Crippen LogP contribution is -2.32. The minimum atomic E-state index is -3.44. The van der Waals surface area contributed by atoms with Gasteiger partial charge >= 0.3 is 0 Å². The molecule has 1 atom stereocenters. The second kappa shape index (κ2) is 4.04. The van der Waals surface area contributed by atoms with Crippen LogP contribution in [-0.4, -0.2) is 48.6 Å². The van der Waals surface area contributed by atoms with Crippen LogP contribution in [0.25, 0.3) is 0 Å². The van der Waals surface area contributed by atoms with Gasteiger partial charge in [0.05, 0.1) is 12.9 Å². The lowest BCUT2D eigenvalue weighted by atomic mass is 9.87. The van der Waals surface area contributed by atoms with Gasteiger partial charge in [-0.25, -0.2) is 13.4 Å². The Labute approximate surface area is 107 Å². The van der Waals surface area contributed by atoms with Crippen molar-refractivity contribution in [2.45, 2.75) is 17.9 Å². The van der Waals surface area contributed by atoms with Crippen LogP contribution in [-0.2, 0) is 21.8 Å². The maximum atomic E-state index is 12.4. The van der Waals surface area contributed by atoms with Gasteiger partial charge in [-0.3, -0.25) is 0 Å². The average molecular weight is 271 g/mol. The zero-order valence-electron chi connectivity index (χ0n) is 10.4. The van der Waals surface area contributed by atoms with Crippen LogP contribution in [0.1, 0.15) is 12.8 Å². The third-order valence-electron chi connectivity index (χ3n) is 3.87. The van der Waals surface area contributed by atoms with Crippen molar-refractivity contribution in [1.82, 2.24) is 13.9 Å². The predicted molar refractivity (Wildman–Crippen MR) is 64.5 cm³/mol. The SMILES string of the molecule is Cn1cnc(S(=O)(=O)N2CC[C@@]3(CCOC3)C2)c1. The third-order valence-corrected chi connectivity index (χ3v) is 5.60. The molecule has 100 valence electrons. The highest BCUT2D eigenvalue weighted by Crippen LogP contribution is 2.39. The fraction of sp³-hybridized carbons (Fsp3) is 0.727. The summed E-state index contributed by atoms with van der Waals surface area (Å²) in [6, 6.07) is 0. The van der Waals surface area contributed by atoms with E-state index < -0.39 is 10.0 Å². The van der Waals surface area contributed by atoms with Crippen LogP contribution in [0.5, 0.6) is 0 Å². The molecule has 0 amide bonds. The minimum Gasteiger partial charge on any atom is -0.381 e. The Morgan fingerprint density at radius 1 is 1.44 bits per heavy atom. The second-order valence-electron chi connectivity index (χ2n) is 5.27. The zero-order chi connectivity index (χ0) is 12.8. The number of nitrogens with zero attached hydrogens (tertiary/aromatic N) is 3. The molecule has 0 aromatic carbocycles. The highest BCUT2D eigenvalue weighted by Gasteiger charge is 2.45. The summed E-state index contributed by atoms with van der Waals surface area (Å²) >= 11 is 0. The van der Waals surface area contributed by atoms with Crippen molar-refractivity contribution in [2.24, 2.45) is 12.5 Å². The summed E-state index contributed by atoms with van der Waals surface area (Å²) in [6.07, 6.45) is 4.91. The van der Waals surface area contributed by atoms with Gasteiger partial charge in [0.25, 0.3) is 10.0 Å². The van der Waals surface area contributed by atoms with Crippen LogP contribution >= 0.6 is 0 Å². The summed E-state index contributed by atoms with van der Waals surface area (Å²) in [5.74, 6) is 0. The number of aryl methyl sites for hydroxylation is 1. The number of hydrogen-bond donors (Lipinski definition) is 0. The molecule has 0 unspecified atom stereocenters. The second-order valence-corrected chi connectivity index (χ2v) is 7.15. The molecule has 3 rings (SSSR count). The molecule has 0 aliphatic carbocycles. The number of rotatable bonds is 2. The van der Waals surface area contributed by atoms with Crippen molar-refractivity contribution in [1.29, 1.82) is 0 Å². The molecule has 1 spiro atoms. The molecule has 18 heavy (non-hydrogen) atoms. The fourth-order valence-corrected chi connectivity index (χ4v) is 4.24. The number of sulfonamides is 1. The smallest absolute Gasteiger partial charge is 0.262 e. The van der Waals surface area contributed by atoms with Crippen molar-refractivity contribution in [3.8, 4) is 0 Å². The molecule has 2 saturated heterocycles. The number of hydrogen-bond acceptors (Lipinski definition) is 4. The van der Waals surface area contributed by atoms with E-state index >= 15 is 0 Å². The maximum Gasteiger partial charge on any atom is 0.262 e. The molecule has 1 aromatic rings. The van der Waals surface area contributed by atoms with E-state index in [-0.39, 0.29) is 10.4 Å². The van der Waals surface area contributed by atoms with Crippen LogP contribution in [0.15, 0.2) is 17.6 Å². The van der Waals surface area contributed by atoms with Gasteiger partial charge < -0.3 is 9.30 Å². The molecule has 7 heteroatoms. The van der Waals surface area contributed by atoms with Crippen LogP contribution in [0, 0.1) is 5.41 Å². The van der Waals surface area contributed by atoms with Gasteiger partial charge in [-0.15, -0.1) is 0 Å². The highest BCUT2D eigenvalue weighted by molar-refractivity contribution is 7.89. The number of ether oxygens (including phenoxy) is 1. The van der Waals surface area contributed by atoms with Crippen molar-refractivity contribution in [3.05, 3.63) is 12.5 Å². The molecule has 0 N–H and O–H groups in total. The monoisotopic (exact) mass is 271 g/mol. The van der Waals surface area contributed by atoms with E-state index in [1.165, 1.54) is 6.33 Å². The lowest BCUT2D eigenvalue weighted by Gasteiger charge is -2.21. The molecule has 3 heterocycles. The summed E-state index contributed by atoms with van der Waals surface area (Å²) in [5, 5.41) is 0.140. The van der Waals surface area contributed by atoms with Gasteiger partial charge in [-0.1, -0.05) is 0 Å². The van der Waals surface area contributed by atoms with E-state index in [4.69, 9.17) is 4.74 Å². The van der Waals surface area contributed by atoms with Gasteiger partial charge in [0.2, 0.25) is 0 Å². The first-order valence-corrected chi connectivity index (χ1v) is 7.52. The summed E-state index contributed by atoms with van der Waals surface area (Å²) < 4.78 is 33.4. The van der Waals surface area contributed by atoms with Crippen LogP contribution in [0.3, 0.4) is 0 Å². The van der Waals surface area contributed by atoms with E-state index in [0.29, 0.717) is 19.7 Å². The summed E-state index contributed by atoms with van der Waals surface area (Å²) in [5.41, 5.74) is 0.0435. The minimum absolute atomic E-state index is 0.0435. The Balaban J connectivity index is 1.83. The van der Waals surface area contributed by atoms with Crippen molar-refractivity contribution >= 4 is 10.0 Å². The van der Waals surface area contributed by atoms with E-state index in [1.807, 2.05) is 0 Å². The molecule has 1 aromatic heterocycles. The first kappa shape index (κ1) is 12.1. The molecule has 2 fully saturated rings. The zero-order valence-corrected chi connectivity index (χ0v) is 11.2. The van der Waals surface area contributed by atoms with Crippen LogP contribution in [0.4, 0.5) is 0 Å². The molecular weight excluding hydrogens is 254 g/mol. The van der Waals surface area contributed by atoms with Crippen molar-refractivity contribution < 1.29 is 13.2 Å². The fourth-order valence-electron chi connectivity index (χ4n) is 2.72. The van der Waals surface area contributed by atoms with Crippen LogP contribution in [0.2, 0.25) is 0 Å². The Morgan fingerprint density at radius 2 is 2.28 bits per heavy atom. The molecule has 0 saturated carbocycles. The molecule has 2 aliphatic rings. The first-order valence-electron chi connectivity index (χ1n) is 6.08. The Morgan fingerprint density at radius 3 is 2.89 bits per heavy atom. The van der Waals surface area contributed by atoms with Crippen molar-refractivity contribution in [3.63, 3.8) is 0 Å². The normalized spacial score (nSPS) is 29.4. The predicted octanol–water partition coefficient (Wildman–Crippen LogP) is 0.221. The van der Waals surface area contributed by atoms with E-state index in [9.17, 15) is 8.42 Å². The quantitative estimate of drug-likeness (QED) is 0.772.